The van der Waals surface area contributed by atoms with Crippen LogP contribution < -0.4 is 9.47 Å². The molecule has 0 aliphatic heterocycles. The Labute approximate surface area is 123 Å². The largest absolute Gasteiger partial charge is 0.493 e. The van der Waals surface area contributed by atoms with E-state index in [-0.39, 0.29) is 0 Å². The summed E-state index contributed by atoms with van der Waals surface area (Å²) in [4.78, 5) is 0. The van der Waals surface area contributed by atoms with Gasteiger partial charge in [-0.1, -0.05) is 35.9 Å². The Kier molecular flexibility index (Phi) is 4.58. The highest BCUT2D eigenvalue weighted by Crippen LogP contribution is 2.35. The Morgan fingerprint density at radius 2 is 2.05 bits per heavy atom. The molecule has 0 N–H and O–H groups in total. The third-order valence-corrected chi connectivity index (χ3v) is 2.79. The van der Waals surface area contributed by atoms with E-state index in [1.54, 1.807) is 19.2 Å². The Hall–Kier alpha value is -2.07. The van der Waals surface area contributed by atoms with Gasteiger partial charge in [0.15, 0.2) is 16.7 Å². The predicted octanol–water partition coefficient (Wildman–Crippen LogP) is 4.05. The van der Waals surface area contributed by atoms with Crippen LogP contribution in [-0.2, 0) is 6.42 Å². The maximum atomic E-state index is 5.79. The van der Waals surface area contributed by atoms with Gasteiger partial charge in [0.25, 0.3) is 0 Å². The summed E-state index contributed by atoms with van der Waals surface area (Å²) in [6, 6.07) is 9.00. The van der Waals surface area contributed by atoms with Crippen LogP contribution in [0, 0.1) is 0 Å². The first-order valence-corrected chi connectivity index (χ1v) is 6.45. The van der Waals surface area contributed by atoms with Gasteiger partial charge in [0.2, 0.25) is 5.88 Å². The molecule has 104 valence electrons. The normalized spacial score (nSPS) is 10.2. The molecular weight excluding hydrogens is 276 g/mol. The van der Waals surface area contributed by atoms with E-state index in [1.165, 1.54) is 0 Å². The minimum atomic E-state index is 0.319. The number of nitrogens with zero attached hydrogens (tertiary/aromatic N) is 2. The number of methoxy groups -OCH3 is 1. The molecule has 1 heterocycles. The number of benzene rings is 1. The molecule has 0 fully saturated rings. The second-order valence-electron chi connectivity index (χ2n) is 4.38. The third-order valence-electron chi connectivity index (χ3n) is 2.59. The minimum absolute atomic E-state index is 0.319. The summed E-state index contributed by atoms with van der Waals surface area (Å²) in [5.74, 6) is 1.62. The first-order valence-electron chi connectivity index (χ1n) is 6.07. The molecule has 0 unspecified atom stereocenters. The first-order chi connectivity index (χ1) is 9.60. The molecule has 2 rings (SSSR count). The van der Waals surface area contributed by atoms with Crippen molar-refractivity contribution >= 4 is 11.6 Å². The molecule has 5 heteroatoms. The van der Waals surface area contributed by atoms with Gasteiger partial charge in [0, 0.05) is 11.6 Å². The summed E-state index contributed by atoms with van der Waals surface area (Å²) in [5.41, 5.74) is 2.01. The lowest BCUT2D eigenvalue weighted by molar-refractivity contribution is 0.370. The molecule has 2 aromatic rings. The van der Waals surface area contributed by atoms with E-state index < -0.39 is 0 Å². The highest BCUT2D eigenvalue weighted by molar-refractivity contribution is 6.29. The van der Waals surface area contributed by atoms with Crippen molar-refractivity contribution in [3.8, 4) is 17.4 Å². The predicted molar refractivity (Wildman–Crippen MR) is 78.6 cm³/mol. The number of hydrogen-bond donors (Lipinski definition) is 0. The van der Waals surface area contributed by atoms with Crippen LogP contribution in [0.15, 0.2) is 42.5 Å². The van der Waals surface area contributed by atoms with Crippen LogP contribution in [-0.4, -0.2) is 17.3 Å². The zero-order valence-electron chi connectivity index (χ0n) is 11.4. The van der Waals surface area contributed by atoms with Crippen LogP contribution in [0.5, 0.6) is 17.4 Å². The molecule has 0 amide bonds. The second kappa shape index (κ2) is 6.39. The smallest absolute Gasteiger partial charge is 0.239 e. The van der Waals surface area contributed by atoms with E-state index in [4.69, 9.17) is 21.1 Å². The van der Waals surface area contributed by atoms with Gasteiger partial charge < -0.3 is 9.47 Å². The fourth-order valence-corrected chi connectivity index (χ4v) is 1.87. The summed E-state index contributed by atoms with van der Waals surface area (Å²) in [7, 11) is 1.60. The molecular formula is C15H15ClN2O2. The van der Waals surface area contributed by atoms with Gasteiger partial charge in [0.05, 0.1) is 7.11 Å². The highest BCUT2D eigenvalue weighted by Gasteiger charge is 2.12. The Morgan fingerprint density at radius 3 is 2.65 bits per heavy atom. The van der Waals surface area contributed by atoms with E-state index in [0.717, 1.165) is 11.1 Å². The molecule has 0 aliphatic carbocycles. The zero-order chi connectivity index (χ0) is 14.5. The lowest BCUT2D eigenvalue weighted by Crippen LogP contribution is -1.98. The Balaban J connectivity index is 2.37. The molecule has 20 heavy (non-hydrogen) atoms. The van der Waals surface area contributed by atoms with E-state index in [9.17, 15) is 0 Å². The van der Waals surface area contributed by atoms with Gasteiger partial charge in [-0.3, -0.25) is 0 Å². The number of aromatic nitrogens is 2. The number of rotatable bonds is 5. The number of hydrogen-bond acceptors (Lipinski definition) is 4. The molecule has 4 nitrogen and oxygen atoms in total. The van der Waals surface area contributed by atoms with Crippen LogP contribution in [0.25, 0.3) is 0 Å². The molecule has 0 spiro atoms. The molecule has 0 aliphatic rings. The summed E-state index contributed by atoms with van der Waals surface area (Å²) in [6.07, 6.45) is 0.702. The van der Waals surface area contributed by atoms with Crippen LogP contribution in [0.1, 0.15) is 12.5 Å². The quantitative estimate of drug-likeness (QED) is 0.779. The van der Waals surface area contributed by atoms with Crippen LogP contribution >= 0.6 is 11.6 Å². The number of halogens is 1. The highest BCUT2D eigenvalue weighted by atomic mass is 35.5. The molecule has 0 saturated heterocycles. The van der Waals surface area contributed by atoms with Gasteiger partial charge in [-0.15, -0.1) is 10.2 Å². The van der Waals surface area contributed by atoms with Crippen molar-refractivity contribution in [1.29, 1.82) is 0 Å². The fraction of sp³-hybridized carbons (Fsp3) is 0.200. The van der Waals surface area contributed by atoms with Crippen molar-refractivity contribution in [3.05, 3.63) is 53.2 Å². The lowest BCUT2D eigenvalue weighted by Gasteiger charge is -2.14. The zero-order valence-corrected chi connectivity index (χ0v) is 12.1. The molecule has 0 radical (unpaired) electrons. The summed E-state index contributed by atoms with van der Waals surface area (Å²) in [5, 5.41) is 7.96. The summed E-state index contributed by atoms with van der Waals surface area (Å²) >= 11 is 5.71. The van der Waals surface area contributed by atoms with E-state index >= 15 is 0 Å². The van der Waals surface area contributed by atoms with Crippen molar-refractivity contribution in [2.75, 3.05) is 7.11 Å². The van der Waals surface area contributed by atoms with Crippen LogP contribution in [0.4, 0.5) is 0 Å². The average Bonchev–Trinajstić information content (AvgIpc) is 2.42. The molecule has 1 aromatic heterocycles. The average molecular weight is 291 g/mol. The van der Waals surface area contributed by atoms with Crippen molar-refractivity contribution < 1.29 is 9.47 Å². The molecule has 0 saturated carbocycles. The van der Waals surface area contributed by atoms with E-state index in [1.807, 2.05) is 25.1 Å². The topological polar surface area (TPSA) is 44.2 Å². The molecule has 0 atom stereocenters. The second-order valence-corrected chi connectivity index (χ2v) is 4.77. The van der Waals surface area contributed by atoms with Crippen molar-refractivity contribution in [3.63, 3.8) is 0 Å². The summed E-state index contributed by atoms with van der Waals surface area (Å²) < 4.78 is 11.1. The molecule has 0 bridgehead atoms. The maximum absolute atomic E-state index is 5.79. The van der Waals surface area contributed by atoms with Crippen LogP contribution in [0.2, 0.25) is 5.15 Å². The van der Waals surface area contributed by atoms with Crippen LogP contribution in [0.3, 0.4) is 0 Å². The Bertz CT molecular complexity index is 612. The van der Waals surface area contributed by atoms with Gasteiger partial charge in [-0.25, -0.2) is 0 Å². The fourth-order valence-electron chi connectivity index (χ4n) is 1.76. The lowest BCUT2D eigenvalue weighted by atomic mass is 10.1. The van der Waals surface area contributed by atoms with Gasteiger partial charge in [0.1, 0.15) is 0 Å². The number of para-hydroxylation sites is 1. The third kappa shape index (κ3) is 3.48. The number of allylic oxidation sites excluding steroid dienone is 1. The SMILES string of the molecule is C=C(C)Cc1cccc(OC)c1Oc1ccc(Cl)nn1. The maximum Gasteiger partial charge on any atom is 0.239 e. The van der Waals surface area contributed by atoms with Gasteiger partial charge >= 0.3 is 0 Å². The van der Waals surface area contributed by atoms with Crippen molar-refractivity contribution in [1.82, 2.24) is 10.2 Å². The minimum Gasteiger partial charge on any atom is -0.493 e. The van der Waals surface area contributed by atoms with E-state index in [0.29, 0.717) is 29.0 Å². The number of ether oxygens (including phenoxy) is 2. The first kappa shape index (κ1) is 14.3. The van der Waals surface area contributed by atoms with Crippen molar-refractivity contribution in [2.24, 2.45) is 0 Å². The van der Waals surface area contributed by atoms with Gasteiger partial charge in [-0.05, 0) is 25.5 Å². The molecule has 1 aromatic carbocycles. The Morgan fingerprint density at radius 1 is 1.25 bits per heavy atom. The van der Waals surface area contributed by atoms with Gasteiger partial charge in [-0.2, -0.15) is 0 Å². The summed E-state index contributed by atoms with van der Waals surface area (Å²) in [6.45, 7) is 5.89. The van der Waals surface area contributed by atoms with E-state index in [2.05, 4.69) is 16.8 Å². The standard InChI is InChI=1S/C15H15ClN2O2/c1-10(2)9-11-5-4-6-12(19-3)15(11)20-14-8-7-13(16)17-18-14/h4-8H,1,9H2,2-3H3. The van der Waals surface area contributed by atoms with Crippen molar-refractivity contribution in [2.45, 2.75) is 13.3 Å². The monoisotopic (exact) mass is 290 g/mol.